The van der Waals surface area contributed by atoms with Gasteiger partial charge in [-0.1, -0.05) is 0 Å². The molecule has 0 atom stereocenters. The Morgan fingerprint density at radius 2 is 2.11 bits per heavy atom. The SMILES string of the molecule is CSc1c(C)cc(C(=O)O)c(C)c1-c1ccn(C)n1. The summed E-state index contributed by atoms with van der Waals surface area (Å²) in [4.78, 5) is 12.4. The van der Waals surface area contributed by atoms with Crippen molar-refractivity contribution in [3.63, 3.8) is 0 Å². The molecule has 1 aromatic carbocycles. The summed E-state index contributed by atoms with van der Waals surface area (Å²) in [6.07, 6.45) is 3.86. The molecule has 0 saturated heterocycles. The van der Waals surface area contributed by atoms with Crippen LogP contribution in [0.5, 0.6) is 0 Å². The van der Waals surface area contributed by atoms with E-state index in [-0.39, 0.29) is 0 Å². The molecule has 1 aromatic heterocycles. The summed E-state index contributed by atoms with van der Waals surface area (Å²) in [5, 5.41) is 13.7. The lowest BCUT2D eigenvalue weighted by Crippen LogP contribution is -2.04. The number of benzene rings is 1. The van der Waals surface area contributed by atoms with Crippen LogP contribution in [0.4, 0.5) is 0 Å². The molecule has 0 aliphatic rings. The van der Waals surface area contributed by atoms with Gasteiger partial charge in [-0.15, -0.1) is 11.8 Å². The average molecular weight is 276 g/mol. The van der Waals surface area contributed by atoms with Gasteiger partial charge in [-0.25, -0.2) is 4.79 Å². The summed E-state index contributed by atoms with van der Waals surface area (Å²) < 4.78 is 1.72. The Hall–Kier alpha value is -1.75. The molecule has 2 aromatic rings. The van der Waals surface area contributed by atoms with Crippen LogP contribution in [-0.2, 0) is 7.05 Å². The third-order valence-electron chi connectivity index (χ3n) is 3.13. The molecule has 0 aliphatic carbocycles. The Morgan fingerprint density at radius 1 is 1.42 bits per heavy atom. The van der Waals surface area contributed by atoms with E-state index in [0.29, 0.717) is 5.56 Å². The molecule has 5 heteroatoms. The molecule has 4 nitrogen and oxygen atoms in total. The van der Waals surface area contributed by atoms with Crippen LogP contribution in [0, 0.1) is 13.8 Å². The lowest BCUT2D eigenvalue weighted by molar-refractivity contribution is 0.0696. The van der Waals surface area contributed by atoms with Crippen molar-refractivity contribution < 1.29 is 9.90 Å². The Balaban J connectivity index is 2.79. The molecule has 0 saturated carbocycles. The summed E-state index contributed by atoms with van der Waals surface area (Å²) in [6, 6.07) is 3.64. The van der Waals surface area contributed by atoms with Crippen LogP contribution < -0.4 is 0 Å². The number of aromatic carboxylic acids is 1. The van der Waals surface area contributed by atoms with E-state index in [0.717, 1.165) is 27.3 Å². The molecule has 0 amide bonds. The number of hydrogen-bond donors (Lipinski definition) is 1. The molecule has 0 fully saturated rings. The van der Waals surface area contributed by atoms with Crippen molar-refractivity contribution in [3.05, 3.63) is 35.0 Å². The predicted molar refractivity (Wildman–Crippen MR) is 76.9 cm³/mol. The Bertz CT molecular complexity index is 647. The second kappa shape index (κ2) is 5.09. The zero-order valence-corrected chi connectivity index (χ0v) is 12.2. The van der Waals surface area contributed by atoms with Gasteiger partial charge < -0.3 is 5.11 Å². The summed E-state index contributed by atoms with van der Waals surface area (Å²) in [7, 11) is 1.85. The highest BCUT2D eigenvalue weighted by Gasteiger charge is 2.19. The van der Waals surface area contributed by atoms with Gasteiger partial charge in [0.2, 0.25) is 0 Å². The first-order valence-electron chi connectivity index (χ1n) is 5.87. The fourth-order valence-electron chi connectivity index (χ4n) is 2.23. The van der Waals surface area contributed by atoms with E-state index < -0.39 is 5.97 Å². The molecular weight excluding hydrogens is 260 g/mol. The second-order valence-electron chi connectivity index (χ2n) is 4.45. The van der Waals surface area contributed by atoms with E-state index >= 15 is 0 Å². The molecule has 0 bridgehead atoms. The van der Waals surface area contributed by atoms with Gasteiger partial charge >= 0.3 is 5.97 Å². The number of thioether (sulfide) groups is 1. The van der Waals surface area contributed by atoms with Gasteiger partial charge in [0.05, 0.1) is 11.3 Å². The number of aryl methyl sites for hydroxylation is 2. The van der Waals surface area contributed by atoms with E-state index in [1.54, 1.807) is 22.5 Å². The Labute approximate surface area is 116 Å². The van der Waals surface area contributed by atoms with Crippen molar-refractivity contribution in [1.82, 2.24) is 9.78 Å². The molecule has 2 rings (SSSR count). The van der Waals surface area contributed by atoms with Crippen LogP contribution in [-0.4, -0.2) is 27.1 Å². The number of carbonyl (C=O) groups is 1. The number of carboxylic acid groups (broad SMARTS) is 1. The van der Waals surface area contributed by atoms with Crippen molar-refractivity contribution in [1.29, 1.82) is 0 Å². The van der Waals surface area contributed by atoms with Crippen LogP contribution in [0.1, 0.15) is 21.5 Å². The molecule has 0 spiro atoms. The van der Waals surface area contributed by atoms with E-state index in [1.165, 1.54) is 0 Å². The quantitative estimate of drug-likeness (QED) is 0.875. The van der Waals surface area contributed by atoms with Gasteiger partial charge in [0, 0.05) is 23.7 Å². The normalized spacial score (nSPS) is 10.7. The Kier molecular flexibility index (Phi) is 3.66. The van der Waals surface area contributed by atoms with E-state index in [4.69, 9.17) is 0 Å². The van der Waals surface area contributed by atoms with Gasteiger partial charge in [0.1, 0.15) is 0 Å². The first-order valence-corrected chi connectivity index (χ1v) is 7.09. The maximum absolute atomic E-state index is 11.3. The third-order valence-corrected chi connectivity index (χ3v) is 4.06. The minimum absolute atomic E-state index is 0.343. The molecule has 1 heterocycles. The van der Waals surface area contributed by atoms with Crippen molar-refractivity contribution in [3.8, 4) is 11.3 Å². The van der Waals surface area contributed by atoms with Crippen molar-refractivity contribution in [2.75, 3.05) is 6.26 Å². The van der Waals surface area contributed by atoms with Gasteiger partial charge in [0.15, 0.2) is 0 Å². The average Bonchev–Trinajstić information content (AvgIpc) is 2.77. The third kappa shape index (κ3) is 2.38. The van der Waals surface area contributed by atoms with E-state index in [2.05, 4.69) is 5.10 Å². The number of hydrogen-bond acceptors (Lipinski definition) is 3. The van der Waals surface area contributed by atoms with E-state index in [9.17, 15) is 9.90 Å². The first kappa shape index (κ1) is 13.7. The minimum Gasteiger partial charge on any atom is -0.478 e. The van der Waals surface area contributed by atoms with Crippen LogP contribution in [0.25, 0.3) is 11.3 Å². The fourth-order valence-corrected chi connectivity index (χ4v) is 3.08. The van der Waals surface area contributed by atoms with Crippen LogP contribution >= 0.6 is 11.8 Å². The van der Waals surface area contributed by atoms with Gasteiger partial charge in [-0.05, 0) is 43.4 Å². The van der Waals surface area contributed by atoms with E-state index in [1.807, 2.05) is 39.4 Å². The predicted octanol–water partition coefficient (Wildman–Crippen LogP) is 3.12. The highest BCUT2D eigenvalue weighted by Crippen LogP contribution is 2.36. The molecule has 1 N–H and O–H groups in total. The highest BCUT2D eigenvalue weighted by atomic mass is 32.2. The number of aromatic nitrogens is 2. The van der Waals surface area contributed by atoms with Gasteiger partial charge in [-0.3, -0.25) is 4.68 Å². The van der Waals surface area contributed by atoms with Crippen molar-refractivity contribution >= 4 is 17.7 Å². The largest absolute Gasteiger partial charge is 0.478 e. The maximum Gasteiger partial charge on any atom is 0.335 e. The van der Waals surface area contributed by atoms with Crippen LogP contribution in [0.2, 0.25) is 0 Å². The van der Waals surface area contributed by atoms with Gasteiger partial charge in [-0.2, -0.15) is 5.10 Å². The standard InChI is InChI=1S/C14H16N2O2S/c1-8-7-10(14(17)18)9(2)12(13(8)19-4)11-5-6-16(3)15-11/h5-7H,1-4H3,(H,17,18). The molecule has 0 radical (unpaired) electrons. The summed E-state index contributed by atoms with van der Waals surface area (Å²) in [6.45, 7) is 3.77. The summed E-state index contributed by atoms with van der Waals surface area (Å²) in [5.74, 6) is -0.898. The van der Waals surface area contributed by atoms with Crippen molar-refractivity contribution in [2.24, 2.45) is 7.05 Å². The Morgan fingerprint density at radius 3 is 2.58 bits per heavy atom. The minimum atomic E-state index is -0.898. The van der Waals surface area contributed by atoms with Crippen molar-refractivity contribution in [2.45, 2.75) is 18.7 Å². The summed E-state index contributed by atoms with van der Waals surface area (Å²) >= 11 is 1.62. The molecule has 0 unspecified atom stereocenters. The number of rotatable bonds is 3. The van der Waals surface area contributed by atoms with Crippen LogP contribution in [0.15, 0.2) is 23.2 Å². The fraction of sp³-hybridized carbons (Fsp3) is 0.286. The topological polar surface area (TPSA) is 55.1 Å². The number of nitrogens with zero attached hydrogens (tertiary/aromatic N) is 2. The smallest absolute Gasteiger partial charge is 0.335 e. The van der Waals surface area contributed by atoms with Gasteiger partial charge in [0.25, 0.3) is 0 Å². The zero-order valence-electron chi connectivity index (χ0n) is 11.4. The highest BCUT2D eigenvalue weighted by molar-refractivity contribution is 7.98. The number of carboxylic acids is 1. The molecular formula is C14H16N2O2S. The molecule has 19 heavy (non-hydrogen) atoms. The first-order chi connectivity index (χ1) is 8.95. The summed E-state index contributed by atoms with van der Waals surface area (Å²) in [5.41, 5.74) is 3.81. The van der Waals surface area contributed by atoms with Crippen LogP contribution in [0.3, 0.4) is 0 Å². The molecule has 100 valence electrons. The monoisotopic (exact) mass is 276 g/mol. The lowest BCUT2D eigenvalue weighted by atomic mass is 9.97. The zero-order chi connectivity index (χ0) is 14.2. The molecule has 0 aliphatic heterocycles. The lowest BCUT2D eigenvalue weighted by Gasteiger charge is -2.14. The second-order valence-corrected chi connectivity index (χ2v) is 5.27. The maximum atomic E-state index is 11.3.